The molecule has 5 rings (SSSR count). The van der Waals surface area contributed by atoms with Gasteiger partial charge in [-0.2, -0.15) is 0 Å². The van der Waals surface area contributed by atoms with E-state index >= 15 is 0 Å². The predicted octanol–water partition coefficient (Wildman–Crippen LogP) is 5.12. The average Bonchev–Trinajstić information content (AvgIpc) is 3.20. The fourth-order valence-electron chi connectivity index (χ4n) is 4.07. The van der Waals surface area contributed by atoms with Gasteiger partial charge in [-0.15, -0.1) is 22.7 Å². The monoisotopic (exact) mass is 368 g/mol. The first-order valence-corrected chi connectivity index (χ1v) is 10.8. The van der Waals surface area contributed by atoms with E-state index in [-0.39, 0.29) is 5.56 Å². The lowest BCUT2D eigenvalue weighted by Gasteiger charge is -2.12. The van der Waals surface area contributed by atoms with Gasteiger partial charge in [-0.05, 0) is 73.6 Å². The highest BCUT2D eigenvalue weighted by Crippen LogP contribution is 2.35. The van der Waals surface area contributed by atoms with Gasteiger partial charge >= 0.3 is 0 Å². The highest BCUT2D eigenvalue weighted by molar-refractivity contribution is 7.18. The number of fused-ring (bicyclic) bond motifs is 4. The van der Waals surface area contributed by atoms with E-state index in [4.69, 9.17) is 4.98 Å². The van der Waals surface area contributed by atoms with Gasteiger partial charge in [0.2, 0.25) is 0 Å². The van der Waals surface area contributed by atoms with E-state index in [1.54, 1.807) is 22.7 Å². The summed E-state index contributed by atoms with van der Waals surface area (Å²) in [5.74, 6) is 0.905. The molecule has 0 radical (unpaired) electrons. The van der Waals surface area contributed by atoms with Gasteiger partial charge in [0.05, 0.1) is 5.39 Å². The highest BCUT2D eigenvalue weighted by atomic mass is 32.1. The molecule has 1 aliphatic carbocycles. The molecular formula is C20H20N2OS2. The van der Waals surface area contributed by atoms with Crippen molar-refractivity contribution in [3.63, 3.8) is 0 Å². The second kappa shape index (κ2) is 6.22. The largest absolute Gasteiger partial charge is 0.292 e. The molecule has 0 atom stereocenters. The van der Waals surface area contributed by atoms with Crippen molar-refractivity contribution in [1.82, 2.24) is 9.55 Å². The lowest BCUT2D eigenvalue weighted by molar-refractivity contribution is 0.613. The van der Waals surface area contributed by atoms with Crippen molar-refractivity contribution >= 4 is 44.5 Å². The Bertz CT molecular complexity index is 1020. The second-order valence-electron chi connectivity index (χ2n) is 6.93. The zero-order valence-electron chi connectivity index (χ0n) is 14.1. The topological polar surface area (TPSA) is 34.9 Å². The van der Waals surface area contributed by atoms with Gasteiger partial charge in [-0.3, -0.25) is 9.36 Å². The predicted molar refractivity (Wildman–Crippen MR) is 107 cm³/mol. The van der Waals surface area contributed by atoms with Crippen LogP contribution in [0.5, 0.6) is 0 Å². The van der Waals surface area contributed by atoms with Gasteiger partial charge in [0.1, 0.15) is 10.7 Å². The molecule has 0 unspecified atom stereocenters. The van der Waals surface area contributed by atoms with Gasteiger partial charge < -0.3 is 0 Å². The molecule has 4 heterocycles. The van der Waals surface area contributed by atoms with Crippen LogP contribution in [0.3, 0.4) is 0 Å². The molecule has 0 N–H and O–H groups in total. The average molecular weight is 369 g/mol. The van der Waals surface area contributed by atoms with E-state index in [1.165, 1.54) is 33.7 Å². The van der Waals surface area contributed by atoms with Gasteiger partial charge in [0, 0.05) is 16.3 Å². The summed E-state index contributed by atoms with van der Waals surface area (Å²) in [6, 6.07) is 4.21. The van der Waals surface area contributed by atoms with Crippen LogP contribution in [0, 0.1) is 0 Å². The lowest BCUT2D eigenvalue weighted by Crippen LogP contribution is -2.24. The fourth-order valence-corrected chi connectivity index (χ4v) is 6.00. The Kier molecular flexibility index (Phi) is 3.86. The maximum atomic E-state index is 13.3. The fraction of sp³-hybridized carbons (Fsp3) is 0.400. The van der Waals surface area contributed by atoms with Crippen LogP contribution in [0.25, 0.3) is 21.9 Å². The third-order valence-electron chi connectivity index (χ3n) is 5.30. The van der Waals surface area contributed by atoms with E-state index < -0.39 is 0 Å². The number of hydrogen-bond donors (Lipinski definition) is 0. The van der Waals surface area contributed by atoms with Crippen molar-refractivity contribution in [1.29, 1.82) is 0 Å². The summed E-state index contributed by atoms with van der Waals surface area (Å²) in [7, 11) is 0. The third kappa shape index (κ3) is 2.61. The summed E-state index contributed by atoms with van der Waals surface area (Å²) in [5, 5.41) is 3.01. The molecule has 1 aliphatic heterocycles. The molecule has 128 valence electrons. The molecule has 0 fully saturated rings. The Labute approximate surface area is 154 Å². The van der Waals surface area contributed by atoms with Gasteiger partial charge in [0.25, 0.3) is 5.56 Å². The minimum Gasteiger partial charge on any atom is -0.292 e. The maximum Gasteiger partial charge on any atom is 0.262 e. The zero-order chi connectivity index (χ0) is 16.8. The van der Waals surface area contributed by atoms with Crippen LogP contribution >= 0.6 is 22.7 Å². The van der Waals surface area contributed by atoms with Crippen molar-refractivity contribution in [3.8, 4) is 0 Å². The minimum absolute atomic E-state index is 0.193. The lowest BCUT2D eigenvalue weighted by atomic mass is 9.97. The quantitative estimate of drug-likeness (QED) is 0.597. The van der Waals surface area contributed by atoms with Crippen LogP contribution in [0.1, 0.15) is 53.2 Å². The van der Waals surface area contributed by atoms with Crippen molar-refractivity contribution in [2.75, 3.05) is 0 Å². The van der Waals surface area contributed by atoms with E-state index in [0.717, 1.165) is 54.7 Å². The van der Waals surface area contributed by atoms with E-state index in [9.17, 15) is 4.79 Å². The summed E-state index contributed by atoms with van der Waals surface area (Å²) < 4.78 is 1.95. The minimum atomic E-state index is 0.193. The Morgan fingerprint density at radius 3 is 2.88 bits per heavy atom. The Morgan fingerprint density at radius 1 is 1.12 bits per heavy atom. The number of rotatable bonds is 1. The van der Waals surface area contributed by atoms with Crippen molar-refractivity contribution < 1.29 is 0 Å². The van der Waals surface area contributed by atoms with Crippen molar-refractivity contribution in [2.24, 2.45) is 0 Å². The number of aromatic nitrogens is 2. The van der Waals surface area contributed by atoms with Crippen LogP contribution in [0.4, 0.5) is 0 Å². The molecule has 5 heteroatoms. The first-order chi connectivity index (χ1) is 12.3. The third-order valence-corrected chi connectivity index (χ3v) is 7.30. The first kappa shape index (κ1) is 15.5. The molecule has 3 aromatic rings. The Morgan fingerprint density at radius 2 is 2.00 bits per heavy atom. The molecule has 0 bridgehead atoms. The van der Waals surface area contributed by atoms with E-state index in [0.29, 0.717) is 0 Å². The zero-order valence-corrected chi connectivity index (χ0v) is 15.7. The maximum absolute atomic E-state index is 13.3. The molecule has 3 aromatic heterocycles. The summed E-state index contributed by atoms with van der Waals surface area (Å²) in [4.78, 5) is 21.9. The molecule has 25 heavy (non-hydrogen) atoms. The van der Waals surface area contributed by atoms with E-state index in [1.807, 2.05) is 4.57 Å². The molecule has 0 aromatic carbocycles. The molecule has 0 saturated heterocycles. The van der Waals surface area contributed by atoms with Crippen LogP contribution in [-0.4, -0.2) is 9.55 Å². The number of hydrogen-bond acceptors (Lipinski definition) is 4. The normalized spacial score (nSPS) is 19.0. The molecular weight excluding hydrogens is 348 g/mol. The van der Waals surface area contributed by atoms with E-state index in [2.05, 4.69) is 23.6 Å². The van der Waals surface area contributed by atoms with Crippen LogP contribution in [-0.2, 0) is 19.4 Å². The highest BCUT2D eigenvalue weighted by Gasteiger charge is 2.24. The molecule has 3 nitrogen and oxygen atoms in total. The number of aryl methyl sites for hydroxylation is 2. The molecule has 2 aliphatic rings. The molecule has 0 amide bonds. The van der Waals surface area contributed by atoms with Crippen molar-refractivity contribution in [2.45, 2.75) is 51.5 Å². The standard InChI is InChI=1S/C20H20N2OS2/c23-20-17-15-8-1-2-9-16(15)25-19(17)21-18-13(6-3-4-10-22(18)20)12-14-7-5-11-24-14/h5,7,11-12H,1-4,6,8-10H2. The van der Waals surface area contributed by atoms with Crippen LogP contribution < -0.4 is 5.56 Å². The second-order valence-corrected chi connectivity index (χ2v) is 8.99. The summed E-state index contributed by atoms with van der Waals surface area (Å²) >= 11 is 3.49. The summed E-state index contributed by atoms with van der Waals surface area (Å²) in [6.07, 6.45) is 10.00. The SMILES string of the molecule is O=c1c2c3c(sc2nc2n1CCCCC2=Cc1cccs1)CCCC3. The Balaban J connectivity index is 1.76. The number of nitrogens with zero attached hydrogens (tertiary/aromatic N) is 2. The van der Waals surface area contributed by atoms with Crippen LogP contribution in [0.2, 0.25) is 0 Å². The summed E-state index contributed by atoms with van der Waals surface area (Å²) in [6.45, 7) is 0.795. The summed E-state index contributed by atoms with van der Waals surface area (Å²) in [5.41, 5.74) is 2.70. The Hall–Kier alpha value is -1.72. The van der Waals surface area contributed by atoms with Gasteiger partial charge in [-0.1, -0.05) is 6.07 Å². The van der Waals surface area contributed by atoms with Crippen LogP contribution in [0.15, 0.2) is 22.3 Å². The number of allylic oxidation sites excluding steroid dienone is 1. The molecule has 0 spiro atoms. The van der Waals surface area contributed by atoms with Gasteiger partial charge in [-0.25, -0.2) is 4.98 Å². The van der Waals surface area contributed by atoms with Gasteiger partial charge in [0.15, 0.2) is 0 Å². The molecule has 0 saturated carbocycles. The first-order valence-electron chi connectivity index (χ1n) is 9.11. The van der Waals surface area contributed by atoms with Crippen molar-refractivity contribution in [3.05, 3.63) is 49.0 Å². The number of thiophene rings is 2. The smallest absolute Gasteiger partial charge is 0.262 e.